The molecule has 0 saturated carbocycles. The summed E-state index contributed by atoms with van der Waals surface area (Å²) in [5.74, 6) is -0.136. The van der Waals surface area contributed by atoms with Crippen LogP contribution in [-0.4, -0.2) is 46.3 Å². The summed E-state index contributed by atoms with van der Waals surface area (Å²) in [5, 5.41) is 3.17. The maximum atomic E-state index is 13.1. The van der Waals surface area contributed by atoms with Gasteiger partial charge in [-0.3, -0.25) is 14.4 Å². The second-order valence-electron chi connectivity index (χ2n) is 7.39. The van der Waals surface area contributed by atoms with E-state index in [1.165, 1.54) is 12.7 Å². The normalized spacial score (nSPS) is 17.1. The lowest BCUT2D eigenvalue weighted by Crippen LogP contribution is -2.45. The number of amides is 2. The van der Waals surface area contributed by atoms with Crippen LogP contribution in [0.15, 0.2) is 15.5 Å². The third-order valence-electron chi connectivity index (χ3n) is 5.29. The molecular weight excluding hydrogens is 360 g/mol. The van der Waals surface area contributed by atoms with Crippen LogP contribution in [0.1, 0.15) is 61.6 Å². The predicted molar refractivity (Wildman–Crippen MR) is 105 cm³/mol. The van der Waals surface area contributed by atoms with Crippen LogP contribution in [0.25, 0.3) is 11.1 Å². The monoisotopic (exact) mass is 388 g/mol. The number of nitrogens with one attached hydrogen (secondary N) is 2. The molecule has 2 aromatic heterocycles. The Labute approximate surface area is 163 Å². The van der Waals surface area contributed by atoms with E-state index in [0.29, 0.717) is 25.4 Å². The van der Waals surface area contributed by atoms with Gasteiger partial charge in [-0.2, -0.15) is 0 Å². The molecule has 28 heavy (non-hydrogen) atoms. The van der Waals surface area contributed by atoms with Gasteiger partial charge in [-0.05, 0) is 26.2 Å². The van der Waals surface area contributed by atoms with Gasteiger partial charge in [-0.25, -0.2) is 4.98 Å². The van der Waals surface area contributed by atoms with Crippen LogP contribution in [-0.2, 0) is 4.79 Å². The summed E-state index contributed by atoms with van der Waals surface area (Å²) in [6.45, 7) is 5.39. The van der Waals surface area contributed by atoms with E-state index < -0.39 is 5.56 Å². The topological polar surface area (TPSA) is 108 Å². The summed E-state index contributed by atoms with van der Waals surface area (Å²) in [6, 6.07) is 0. The van der Waals surface area contributed by atoms with Gasteiger partial charge in [-0.1, -0.05) is 26.2 Å². The molecule has 0 spiro atoms. The van der Waals surface area contributed by atoms with Crippen LogP contribution >= 0.6 is 0 Å². The lowest BCUT2D eigenvalue weighted by Gasteiger charge is -2.32. The molecule has 3 rings (SSSR count). The predicted octanol–water partition coefficient (Wildman–Crippen LogP) is 2.37. The molecule has 1 saturated heterocycles. The van der Waals surface area contributed by atoms with Gasteiger partial charge in [0, 0.05) is 19.6 Å². The molecule has 1 atom stereocenters. The summed E-state index contributed by atoms with van der Waals surface area (Å²) in [4.78, 5) is 45.9. The van der Waals surface area contributed by atoms with Gasteiger partial charge >= 0.3 is 0 Å². The zero-order valence-corrected chi connectivity index (χ0v) is 16.5. The number of piperidine rings is 1. The molecule has 0 bridgehead atoms. The molecular formula is C20H28N4O4. The summed E-state index contributed by atoms with van der Waals surface area (Å²) in [7, 11) is 0. The summed E-state index contributed by atoms with van der Waals surface area (Å²) in [6.07, 6.45) is 7.19. The van der Waals surface area contributed by atoms with Gasteiger partial charge in [0.1, 0.15) is 11.1 Å². The molecule has 1 fully saturated rings. The lowest BCUT2D eigenvalue weighted by atomic mass is 9.96. The first-order valence-electron chi connectivity index (χ1n) is 10.1. The van der Waals surface area contributed by atoms with Crippen LogP contribution in [0.5, 0.6) is 0 Å². The molecule has 2 N–H and O–H groups in total. The van der Waals surface area contributed by atoms with E-state index in [-0.39, 0.29) is 34.4 Å². The van der Waals surface area contributed by atoms with Crippen LogP contribution in [0.4, 0.5) is 0 Å². The van der Waals surface area contributed by atoms with Crippen molar-refractivity contribution < 1.29 is 14.0 Å². The van der Waals surface area contributed by atoms with E-state index in [4.69, 9.17) is 4.42 Å². The van der Waals surface area contributed by atoms with Crippen LogP contribution in [0.2, 0.25) is 0 Å². The van der Waals surface area contributed by atoms with Crippen molar-refractivity contribution in [3.63, 3.8) is 0 Å². The Kier molecular flexibility index (Phi) is 6.49. The molecule has 0 aromatic carbocycles. The number of hydrogen-bond acceptors (Lipinski definition) is 5. The van der Waals surface area contributed by atoms with Crippen LogP contribution in [0, 0.1) is 12.8 Å². The highest BCUT2D eigenvalue weighted by Crippen LogP contribution is 2.25. The van der Waals surface area contributed by atoms with E-state index in [0.717, 1.165) is 32.1 Å². The fourth-order valence-corrected chi connectivity index (χ4v) is 3.75. The number of H-pyrrole nitrogens is 1. The SMILES string of the molecule is CCCCCCNC(=O)C1CCCN(C(=O)c2c(C)oc3nc[nH]c(=O)c23)C1. The van der Waals surface area contributed by atoms with Gasteiger partial charge in [-0.15, -0.1) is 0 Å². The summed E-state index contributed by atoms with van der Waals surface area (Å²) < 4.78 is 5.49. The molecule has 0 aliphatic carbocycles. The maximum Gasteiger partial charge on any atom is 0.262 e. The number of furan rings is 1. The van der Waals surface area contributed by atoms with Crippen molar-refractivity contribution in [2.24, 2.45) is 5.92 Å². The number of fused-ring (bicyclic) bond motifs is 1. The zero-order valence-electron chi connectivity index (χ0n) is 16.5. The quantitative estimate of drug-likeness (QED) is 0.708. The minimum atomic E-state index is -0.399. The Balaban J connectivity index is 1.68. The molecule has 1 aliphatic heterocycles. The fraction of sp³-hybridized carbons (Fsp3) is 0.600. The van der Waals surface area contributed by atoms with Crippen molar-refractivity contribution in [3.8, 4) is 0 Å². The average Bonchev–Trinajstić information content (AvgIpc) is 3.04. The highest BCUT2D eigenvalue weighted by molar-refractivity contribution is 6.06. The minimum Gasteiger partial charge on any atom is -0.442 e. The Morgan fingerprint density at radius 2 is 2.18 bits per heavy atom. The number of aryl methyl sites for hydroxylation is 1. The van der Waals surface area contributed by atoms with Gasteiger partial charge in [0.15, 0.2) is 0 Å². The molecule has 3 heterocycles. The molecule has 8 heteroatoms. The van der Waals surface area contributed by atoms with E-state index in [2.05, 4.69) is 22.2 Å². The van der Waals surface area contributed by atoms with Crippen molar-refractivity contribution in [2.75, 3.05) is 19.6 Å². The minimum absolute atomic E-state index is 0.00212. The summed E-state index contributed by atoms with van der Waals surface area (Å²) >= 11 is 0. The zero-order chi connectivity index (χ0) is 20.1. The van der Waals surface area contributed by atoms with E-state index in [1.807, 2.05) is 0 Å². The number of hydrogen-bond donors (Lipinski definition) is 2. The average molecular weight is 388 g/mol. The number of unbranched alkanes of at least 4 members (excludes halogenated alkanes) is 3. The van der Waals surface area contributed by atoms with Crippen molar-refractivity contribution in [1.82, 2.24) is 20.2 Å². The van der Waals surface area contributed by atoms with Gasteiger partial charge in [0.05, 0.1) is 17.8 Å². The van der Waals surface area contributed by atoms with Gasteiger partial charge in [0.25, 0.3) is 11.5 Å². The van der Waals surface area contributed by atoms with Gasteiger partial charge in [0.2, 0.25) is 11.6 Å². The number of rotatable bonds is 7. The Bertz CT molecular complexity index is 901. The first kappa shape index (κ1) is 20.1. The van der Waals surface area contributed by atoms with Crippen molar-refractivity contribution in [3.05, 3.63) is 28.0 Å². The molecule has 2 amide bonds. The molecule has 2 aromatic rings. The van der Waals surface area contributed by atoms with E-state index >= 15 is 0 Å². The fourth-order valence-electron chi connectivity index (χ4n) is 3.75. The first-order valence-corrected chi connectivity index (χ1v) is 10.1. The maximum absolute atomic E-state index is 13.1. The van der Waals surface area contributed by atoms with Crippen molar-refractivity contribution >= 4 is 22.9 Å². The highest BCUT2D eigenvalue weighted by Gasteiger charge is 2.32. The third kappa shape index (κ3) is 4.26. The first-order chi connectivity index (χ1) is 13.5. The number of carbonyl (C=O) groups is 2. The van der Waals surface area contributed by atoms with Crippen molar-refractivity contribution in [2.45, 2.75) is 52.4 Å². The lowest BCUT2D eigenvalue weighted by molar-refractivity contribution is -0.126. The van der Waals surface area contributed by atoms with Crippen molar-refractivity contribution in [1.29, 1.82) is 0 Å². The molecule has 152 valence electrons. The smallest absolute Gasteiger partial charge is 0.262 e. The number of aromatic nitrogens is 2. The van der Waals surface area contributed by atoms with Crippen LogP contribution < -0.4 is 10.9 Å². The highest BCUT2D eigenvalue weighted by atomic mass is 16.3. The second-order valence-corrected chi connectivity index (χ2v) is 7.39. The number of aromatic amines is 1. The Hall–Kier alpha value is -2.64. The number of likely N-dealkylation sites (tertiary alicyclic amines) is 1. The molecule has 1 aliphatic rings. The van der Waals surface area contributed by atoms with E-state index in [9.17, 15) is 14.4 Å². The molecule has 0 radical (unpaired) electrons. The van der Waals surface area contributed by atoms with E-state index in [1.54, 1.807) is 11.8 Å². The molecule has 1 unspecified atom stereocenters. The Morgan fingerprint density at radius 3 is 2.96 bits per heavy atom. The third-order valence-corrected chi connectivity index (χ3v) is 5.29. The number of carbonyl (C=O) groups excluding carboxylic acids is 2. The number of nitrogens with zero attached hydrogens (tertiary/aromatic N) is 2. The standard InChI is InChI=1S/C20H28N4O4/c1-3-4-5-6-9-21-17(25)14-8-7-10-24(11-14)20(27)15-13(2)28-19-16(15)18(26)22-12-23-19/h12,14H,3-11H2,1-2H3,(H,21,25)(H,22,23,26). The Morgan fingerprint density at radius 1 is 1.36 bits per heavy atom. The largest absolute Gasteiger partial charge is 0.442 e. The summed E-state index contributed by atoms with van der Waals surface area (Å²) in [5.41, 5.74) is -0.00321. The molecule has 8 nitrogen and oxygen atoms in total. The van der Waals surface area contributed by atoms with Crippen LogP contribution in [0.3, 0.4) is 0 Å². The second kappa shape index (κ2) is 9.03. The van der Waals surface area contributed by atoms with Gasteiger partial charge < -0.3 is 19.6 Å².